The Morgan fingerprint density at radius 3 is 1.90 bits per heavy atom. The van der Waals surface area contributed by atoms with E-state index >= 15 is 0 Å². The normalized spacial score (nSPS) is 18.4. The third-order valence-electron chi connectivity index (χ3n) is 7.78. The predicted molar refractivity (Wildman–Crippen MR) is 150 cm³/mol. The molecule has 2 unspecified atom stereocenters. The molecule has 0 aliphatic carbocycles. The molecule has 4 aromatic rings. The van der Waals surface area contributed by atoms with Crippen LogP contribution in [-0.4, -0.2) is 42.9 Å². The Labute approximate surface area is 237 Å². The third-order valence-corrected chi connectivity index (χ3v) is 8.03. The fraction of sp³-hybridized carbons (Fsp3) is 0.333. The molecule has 10 heteroatoms. The maximum Gasteiger partial charge on any atom is 0.282 e. The third kappa shape index (κ3) is 3.71. The minimum Gasteiger partial charge on any atom is -0.328 e. The van der Waals surface area contributed by atoms with Crippen LogP contribution in [0, 0.1) is 12.7 Å². The van der Waals surface area contributed by atoms with Crippen molar-refractivity contribution < 1.29 is 14.0 Å². The van der Waals surface area contributed by atoms with E-state index in [-0.39, 0.29) is 29.7 Å². The van der Waals surface area contributed by atoms with Crippen molar-refractivity contribution in [3.05, 3.63) is 99.1 Å². The molecule has 0 bridgehead atoms. The monoisotopic (exact) mass is 560 g/mol. The number of amides is 2. The van der Waals surface area contributed by atoms with Crippen molar-refractivity contribution in [2.24, 2.45) is 0 Å². The SMILES string of the molecule is Cc1nc2c(n1C(C)C)C(c1ccc(F)cc1)N(c1nc3c(n1C(C)C)C(c1ccc(Cl)cc1)N(C)C3=O)C2=O. The molecular formula is C30H30ClFN6O2. The molecule has 2 aliphatic rings. The fourth-order valence-electron chi connectivity index (χ4n) is 6.17. The highest BCUT2D eigenvalue weighted by Gasteiger charge is 2.49. The van der Waals surface area contributed by atoms with E-state index in [1.165, 1.54) is 12.1 Å². The topological polar surface area (TPSA) is 76.3 Å². The Morgan fingerprint density at radius 2 is 1.30 bits per heavy atom. The summed E-state index contributed by atoms with van der Waals surface area (Å²) in [6, 6.07) is 12.5. The highest BCUT2D eigenvalue weighted by molar-refractivity contribution is 6.30. The first-order valence-electron chi connectivity index (χ1n) is 13.3. The number of benzene rings is 2. The van der Waals surface area contributed by atoms with Crippen molar-refractivity contribution in [1.82, 2.24) is 24.0 Å². The Hall–Kier alpha value is -3.98. The number of carbonyl (C=O) groups excluding carboxylic acids is 2. The molecule has 2 atom stereocenters. The Kier molecular flexibility index (Phi) is 6.10. The summed E-state index contributed by atoms with van der Waals surface area (Å²) in [5.41, 5.74) is 3.73. The number of anilines is 1. The lowest BCUT2D eigenvalue weighted by atomic mass is 10.0. The second kappa shape index (κ2) is 9.30. The van der Waals surface area contributed by atoms with Gasteiger partial charge < -0.3 is 14.0 Å². The number of imidazole rings is 2. The quantitative estimate of drug-likeness (QED) is 0.288. The molecule has 4 heterocycles. The minimum absolute atomic E-state index is 0.0336. The number of halogens is 2. The molecular weight excluding hydrogens is 531 g/mol. The van der Waals surface area contributed by atoms with Crippen molar-refractivity contribution in [2.75, 3.05) is 11.9 Å². The zero-order valence-corrected chi connectivity index (χ0v) is 23.9. The predicted octanol–water partition coefficient (Wildman–Crippen LogP) is 6.27. The molecule has 0 saturated heterocycles. The molecule has 0 saturated carbocycles. The van der Waals surface area contributed by atoms with E-state index in [1.54, 1.807) is 41.1 Å². The van der Waals surface area contributed by atoms with Crippen LogP contribution >= 0.6 is 11.6 Å². The van der Waals surface area contributed by atoms with Crippen LogP contribution in [0.3, 0.4) is 0 Å². The molecule has 2 aromatic heterocycles. The molecule has 0 N–H and O–H groups in total. The molecule has 0 spiro atoms. The number of aryl methyl sites for hydroxylation is 1. The highest BCUT2D eigenvalue weighted by Crippen LogP contribution is 2.47. The molecule has 2 aromatic carbocycles. The van der Waals surface area contributed by atoms with Gasteiger partial charge >= 0.3 is 0 Å². The van der Waals surface area contributed by atoms with E-state index in [9.17, 15) is 14.0 Å². The number of fused-ring (bicyclic) bond motifs is 2. The lowest BCUT2D eigenvalue weighted by Crippen LogP contribution is -2.34. The van der Waals surface area contributed by atoms with Gasteiger partial charge in [0.15, 0.2) is 11.4 Å². The average Bonchev–Trinajstić information content (AvgIpc) is 3.59. The molecule has 6 rings (SSSR count). The van der Waals surface area contributed by atoms with Crippen LogP contribution in [0.5, 0.6) is 0 Å². The van der Waals surface area contributed by atoms with Gasteiger partial charge in [-0.25, -0.2) is 14.4 Å². The van der Waals surface area contributed by atoms with Crippen molar-refractivity contribution in [2.45, 2.75) is 58.8 Å². The number of carbonyl (C=O) groups is 2. The number of hydrogen-bond donors (Lipinski definition) is 0. The summed E-state index contributed by atoms with van der Waals surface area (Å²) in [4.78, 5) is 40.5. The molecule has 0 radical (unpaired) electrons. The van der Waals surface area contributed by atoms with Gasteiger partial charge in [-0.2, -0.15) is 0 Å². The summed E-state index contributed by atoms with van der Waals surface area (Å²) in [7, 11) is 1.75. The second-order valence-corrected chi connectivity index (χ2v) is 11.4. The smallest absolute Gasteiger partial charge is 0.282 e. The summed E-state index contributed by atoms with van der Waals surface area (Å²) in [6.07, 6.45) is 0. The van der Waals surface area contributed by atoms with Gasteiger partial charge in [0.2, 0.25) is 5.95 Å². The Morgan fingerprint density at radius 1 is 0.775 bits per heavy atom. The molecule has 2 amide bonds. The van der Waals surface area contributed by atoms with E-state index in [0.29, 0.717) is 22.4 Å². The number of nitrogens with zero attached hydrogens (tertiary/aromatic N) is 6. The highest BCUT2D eigenvalue weighted by atomic mass is 35.5. The number of hydrogen-bond acceptors (Lipinski definition) is 4. The lowest BCUT2D eigenvalue weighted by molar-refractivity contribution is 0.0785. The fourth-order valence-corrected chi connectivity index (χ4v) is 6.29. The summed E-state index contributed by atoms with van der Waals surface area (Å²) in [5, 5.41) is 0.602. The van der Waals surface area contributed by atoms with Gasteiger partial charge in [-0.3, -0.25) is 14.5 Å². The van der Waals surface area contributed by atoms with Crippen LogP contribution in [0.15, 0.2) is 48.5 Å². The zero-order chi connectivity index (χ0) is 28.6. The standard InChI is InChI=1S/C30H30ClFN6O2/c1-15(2)36-17(5)33-23-27(36)25(19-9-13-21(32)14-10-19)38(29(23)40)30-34-22-26(37(30)16(3)4)24(35(6)28(22)39)18-7-11-20(31)12-8-18/h7-16,24-25H,1-6H3. The van der Waals surface area contributed by atoms with Gasteiger partial charge in [0.05, 0.1) is 17.4 Å². The number of aromatic nitrogens is 4. The molecule has 2 aliphatic heterocycles. The van der Waals surface area contributed by atoms with Crippen molar-refractivity contribution in [3.8, 4) is 0 Å². The molecule has 40 heavy (non-hydrogen) atoms. The van der Waals surface area contributed by atoms with Gasteiger partial charge in [-0.05, 0) is 70.0 Å². The van der Waals surface area contributed by atoms with Gasteiger partial charge in [-0.1, -0.05) is 35.9 Å². The largest absolute Gasteiger partial charge is 0.328 e. The molecule has 8 nitrogen and oxygen atoms in total. The average molecular weight is 561 g/mol. The number of rotatable bonds is 5. The van der Waals surface area contributed by atoms with Crippen LogP contribution in [0.2, 0.25) is 5.02 Å². The Bertz CT molecular complexity index is 1650. The van der Waals surface area contributed by atoms with Crippen LogP contribution in [0.1, 0.15) is 101 Å². The molecule has 206 valence electrons. The maximum atomic E-state index is 14.2. The maximum absolute atomic E-state index is 14.2. The Balaban J connectivity index is 1.60. The van der Waals surface area contributed by atoms with Crippen LogP contribution in [0.4, 0.5) is 10.3 Å². The van der Waals surface area contributed by atoms with Crippen molar-refractivity contribution in [1.29, 1.82) is 0 Å². The first kappa shape index (κ1) is 26.3. The van der Waals surface area contributed by atoms with Gasteiger partial charge in [-0.15, -0.1) is 0 Å². The van der Waals surface area contributed by atoms with Crippen molar-refractivity contribution >= 4 is 29.4 Å². The van der Waals surface area contributed by atoms with Gasteiger partial charge in [0.1, 0.15) is 17.7 Å². The second-order valence-electron chi connectivity index (χ2n) is 11.0. The van der Waals surface area contributed by atoms with E-state index in [0.717, 1.165) is 28.3 Å². The van der Waals surface area contributed by atoms with E-state index in [2.05, 4.69) is 4.98 Å². The van der Waals surface area contributed by atoms with Crippen molar-refractivity contribution in [3.63, 3.8) is 0 Å². The first-order chi connectivity index (χ1) is 19.0. The lowest BCUT2D eigenvalue weighted by Gasteiger charge is -2.30. The molecule has 0 fully saturated rings. The first-order valence-corrected chi connectivity index (χ1v) is 13.7. The van der Waals surface area contributed by atoms with Crippen LogP contribution in [0.25, 0.3) is 0 Å². The van der Waals surface area contributed by atoms with E-state index < -0.39 is 12.1 Å². The summed E-state index contributed by atoms with van der Waals surface area (Å²) in [5.74, 6) is 0.204. The van der Waals surface area contributed by atoms with E-state index in [1.807, 2.05) is 55.9 Å². The summed E-state index contributed by atoms with van der Waals surface area (Å²) in [6.45, 7) is 9.97. The van der Waals surface area contributed by atoms with Gasteiger partial charge in [0, 0.05) is 24.2 Å². The summed E-state index contributed by atoms with van der Waals surface area (Å²) < 4.78 is 18.0. The van der Waals surface area contributed by atoms with E-state index in [4.69, 9.17) is 16.6 Å². The zero-order valence-electron chi connectivity index (χ0n) is 23.2. The van der Waals surface area contributed by atoms with Crippen LogP contribution in [-0.2, 0) is 0 Å². The van der Waals surface area contributed by atoms with Gasteiger partial charge in [0.25, 0.3) is 11.8 Å². The van der Waals surface area contributed by atoms with Crippen LogP contribution < -0.4 is 4.90 Å². The summed E-state index contributed by atoms with van der Waals surface area (Å²) >= 11 is 6.16. The minimum atomic E-state index is -0.603.